The number of esters is 1. The molecule has 0 aliphatic rings. The van der Waals surface area contributed by atoms with Crippen molar-refractivity contribution in [2.45, 2.75) is 45.4 Å². The first-order valence-electron chi connectivity index (χ1n) is 11.6. The highest BCUT2D eigenvalue weighted by Crippen LogP contribution is 2.31. The fourth-order valence-corrected chi connectivity index (χ4v) is 3.93. The Labute approximate surface area is 205 Å². The largest absolute Gasteiger partial charge is 0.459 e. The van der Waals surface area contributed by atoms with Crippen LogP contribution in [0.2, 0.25) is 0 Å². The van der Waals surface area contributed by atoms with Crippen LogP contribution in [0.25, 0.3) is 22.3 Å². The molecule has 4 aromatic rings. The van der Waals surface area contributed by atoms with Gasteiger partial charge < -0.3 is 4.74 Å². The minimum Gasteiger partial charge on any atom is -0.459 e. The first kappa shape index (κ1) is 24.4. The summed E-state index contributed by atoms with van der Waals surface area (Å²) in [6.07, 6.45) is 3.45. The van der Waals surface area contributed by atoms with E-state index in [0.29, 0.717) is 5.56 Å². The van der Waals surface area contributed by atoms with E-state index in [9.17, 15) is 9.18 Å². The van der Waals surface area contributed by atoms with E-state index in [2.05, 4.69) is 15.5 Å². The van der Waals surface area contributed by atoms with Crippen LogP contribution < -0.4 is 5.32 Å². The van der Waals surface area contributed by atoms with E-state index in [-0.39, 0.29) is 17.8 Å². The Morgan fingerprint density at radius 1 is 0.943 bits per heavy atom. The molecule has 0 radical (unpaired) electrons. The highest BCUT2D eigenvalue weighted by Gasteiger charge is 2.26. The summed E-state index contributed by atoms with van der Waals surface area (Å²) in [7, 11) is 0. The van der Waals surface area contributed by atoms with E-state index < -0.39 is 11.6 Å². The van der Waals surface area contributed by atoms with Gasteiger partial charge in [0.25, 0.3) is 0 Å². The minimum absolute atomic E-state index is 0.313. The van der Waals surface area contributed by atoms with E-state index >= 15 is 0 Å². The van der Waals surface area contributed by atoms with Crippen molar-refractivity contribution in [1.29, 1.82) is 0 Å². The zero-order valence-electron chi connectivity index (χ0n) is 20.4. The molecule has 0 amide bonds. The van der Waals surface area contributed by atoms with Crippen LogP contribution in [0.5, 0.6) is 0 Å². The lowest BCUT2D eigenvalue weighted by Crippen LogP contribution is -2.41. The van der Waals surface area contributed by atoms with Gasteiger partial charge in [0.05, 0.1) is 12.2 Å². The third kappa shape index (κ3) is 6.03. The number of halogens is 1. The summed E-state index contributed by atoms with van der Waals surface area (Å²) in [5.41, 5.74) is 4.48. The number of nitrogens with one attached hydrogen (secondary N) is 2. The van der Waals surface area contributed by atoms with Crippen LogP contribution in [-0.4, -0.2) is 27.8 Å². The molecule has 0 bridgehead atoms. The van der Waals surface area contributed by atoms with Gasteiger partial charge in [0, 0.05) is 17.3 Å². The smallest absolute Gasteiger partial charge is 0.323 e. The molecule has 1 heterocycles. The number of aromatic nitrogens is 2. The molecular weight excluding hydrogens is 441 g/mol. The summed E-state index contributed by atoms with van der Waals surface area (Å²) < 4.78 is 20.5. The monoisotopic (exact) mass is 471 g/mol. The number of hydrogen-bond acceptors (Lipinski definition) is 4. The maximum Gasteiger partial charge on any atom is 0.323 e. The maximum absolute atomic E-state index is 14.9. The van der Waals surface area contributed by atoms with Gasteiger partial charge in [-0.05, 0) is 62.1 Å². The van der Waals surface area contributed by atoms with E-state index in [1.54, 1.807) is 25.4 Å². The normalized spacial score (nSPS) is 13.3. The Hall–Kier alpha value is -3.77. The molecule has 0 aliphatic heterocycles. The SMILES string of the molecule is CC(NC(c1cn[nH]c1)c1ccc(F)c(-c2ccc(-c3ccccc3)cc2)c1)C(=O)OC(C)(C)C. The second kappa shape index (κ2) is 10.2. The summed E-state index contributed by atoms with van der Waals surface area (Å²) in [5.74, 6) is -0.669. The predicted octanol–water partition coefficient (Wildman–Crippen LogP) is 6.29. The molecule has 2 unspecified atom stereocenters. The standard InChI is InChI=1S/C29H30FN3O2/c1-19(28(34)35-29(2,3)4)33-27(24-17-31-32-18-24)23-14-15-26(30)25(16-23)22-12-10-21(11-13-22)20-8-6-5-7-9-20/h5-19,27,33H,1-4H3,(H,31,32). The van der Waals surface area contributed by atoms with E-state index in [4.69, 9.17) is 4.74 Å². The van der Waals surface area contributed by atoms with Crippen LogP contribution in [0, 0.1) is 5.82 Å². The lowest BCUT2D eigenvalue weighted by molar-refractivity contribution is -0.157. The second-order valence-electron chi connectivity index (χ2n) is 9.57. The third-order valence-electron chi connectivity index (χ3n) is 5.66. The Morgan fingerprint density at radius 2 is 1.60 bits per heavy atom. The van der Waals surface area contributed by atoms with Gasteiger partial charge in [-0.25, -0.2) is 4.39 Å². The Kier molecular flexibility index (Phi) is 7.12. The molecule has 0 saturated heterocycles. The van der Waals surface area contributed by atoms with Gasteiger partial charge >= 0.3 is 5.97 Å². The van der Waals surface area contributed by atoms with Crippen LogP contribution in [0.15, 0.2) is 85.2 Å². The molecule has 1 aromatic heterocycles. The Morgan fingerprint density at radius 3 is 2.23 bits per heavy atom. The molecule has 3 aromatic carbocycles. The Bertz CT molecular complexity index is 1260. The van der Waals surface area contributed by atoms with Gasteiger partial charge in [0.1, 0.15) is 17.5 Å². The summed E-state index contributed by atoms with van der Waals surface area (Å²) >= 11 is 0. The quantitative estimate of drug-likeness (QED) is 0.311. The van der Waals surface area contributed by atoms with Crippen molar-refractivity contribution in [2.75, 3.05) is 0 Å². The van der Waals surface area contributed by atoms with Crippen molar-refractivity contribution in [3.63, 3.8) is 0 Å². The van der Waals surface area contributed by atoms with Gasteiger partial charge in [-0.1, -0.05) is 60.7 Å². The maximum atomic E-state index is 14.9. The molecule has 180 valence electrons. The van der Waals surface area contributed by atoms with Crippen molar-refractivity contribution in [1.82, 2.24) is 15.5 Å². The van der Waals surface area contributed by atoms with E-state index in [1.807, 2.05) is 81.4 Å². The van der Waals surface area contributed by atoms with Gasteiger partial charge in [-0.15, -0.1) is 0 Å². The summed E-state index contributed by atoms with van der Waals surface area (Å²) in [5, 5.41) is 10.2. The van der Waals surface area contributed by atoms with Gasteiger partial charge in [-0.3, -0.25) is 15.2 Å². The highest BCUT2D eigenvalue weighted by atomic mass is 19.1. The number of carbonyl (C=O) groups is 1. The molecule has 0 saturated carbocycles. The molecule has 35 heavy (non-hydrogen) atoms. The number of aromatic amines is 1. The highest BCUT2D eigenvalue weighted by molar-refractivity contribution is 5.76. The van der Waals surface area contributed by atoms with Crippen molar-refractivity contribution >= 4 is 5.97 Å². The molecular formula is C29H30FN3O2. The van der Waals surface area contributed by atoms with Crippen molar-refractivity contribution in [3.8, 4) is 22.3 Å². The molecule has 4 rings (SSSR count). The number of rotatable bonds is 7. The minimum atomic E-state index is -0.590. The number of carbonyl (C=O) groups excluding carboxylic acids is 1. The van der Waals surface area contributed by atoms with Gasteiger partial charge in [0.2, 0.25) is 0 Å². The number of nitrogens with zero attached hydrogens (tertiary/aromatic N) is 1. The summed E-state index contributed by atoms with van der Waals surface area (Å²) in [6.45, 7) is 7.26. The molecule has 0 aliphatic carbocycles. The zero-order chi connectivity index (χ0) is 25.0. The van der Waals surface area contributed by atoms with Crippen molar-refractivity contribution in [3.05, 3.63) is 102 Å². The van der Waals surface area contributed by atoms with Crippen molar-refractivity contribution in [2.24, 2.45) is 0 Å². The average Bonchev–Trinajstić information content (AvgIpc) is 3.37. The molecule has 0 fully saturated rings. The molecule has 6 heteroatoms. The fraction of sp³-hybridized carbons (Fsp3) is 0.241. The van der Waals surface area contributed by atoms with Crippen LogP contribution in [0.1, 0.15) is 44.9 Å². The number of H-pyrrole nitrogens is 1. The van der Waals surface area contributed by atoms with E-state index in [0.717, 1.165) is 27.8 Å². The number of benzene rings is 3. The molecule has 2 atom stereocenters. The topological polar surface area (TPSA) is 67.0 Å². The zero-order valence-corrected chi connectivity index (χ0v) is 20.4. The molecule has 0 spiro atoms. The van der Waals surface area contributed by atoms with Crippen LogP contribution >= 0.6 is 0 Å². The van der Waals surface area contributed by atoms with Gasteiger partial charge in [0.15, 0.2) is 0 Å². The first-order chi connectivity index (χ1) is 16.7. The van der Waals surface area contributed by atoms with Crippen LogP contribution in [-0.2, 0) is 9.53 Å². The number of ether oxygens (including phenoxy) is 1. The average molecular weight is 472 g/mol. The lowest BCUT2D eigenvalue weighted by atomic mass is 9.94. The fourth-order valence-electron chi connectivity index (χ4n) is 3.93. The van der Waals surface area contributed by atoms with Gasteiger partial charge in [-0.2, -0.15) is 5.10 Å². The lowest BCUT2D eigenvalue weighted by Gasteiger charge is -2.26. The first-order valence-corrected chi connectivity index (χ1v) is 11.6. The molecule has 5 nitrogen and oxygen atoms in total. The van der Waals surface area contributed by atoms with Crippen molar-refractivity contribution < 1.29 is 13.9 Å². The predicted molar refractivity (Wildman–Crippen MR) is 136 cm³/mol. The third-order valence-corrected chi connectivity index (χ3v) is 5.66. The van der Waals surface area contributed by atoms with Crippen LogP contribution in [0.3, 0.4) is 0 Å². The summed E-state index contributed by atoms with van der Waals surface area (Å²) in [6, 6.07) is 21.9. The summed E-state index contributed by atoms with van der Waals surface area (Å²) in [4.78, 5) is 12.6. The number of hydrogen-bond donors (Lipinski definition) is 2. The second-order valence-corrected chi connectivity index (χ2v) is 9.57. The van der Waals surface area contributed by atoms with Crippen LogP contribution in [0.4, 0.5) is 4.39 Å². The van der Waals surface area contributed by atoms with E-state index in [1.165, 1.54) is 6.07 Å². The Balaban J connectivity index is 1.64. The molecule has 2 N–H and O–H groups in total.